The van der Waals surface area contributed by atoms with Gasteiger partial charge in [-0.3, -0.25) is 9.59 Å². The van der Waals surface area contributed by atoms with E-state index in [2.05, 4.69) is 43.5 Å². The smallest absolute Gasteiger partial charge is 0.305 e. The summed E-state index contributed by atoms with van der Waals surface area (Å²) in [4.78, 5) is 24.5. The first-order chi connectivity index (χ1) is 38.0. The molecule has 0 rings (SSSR count). The Bertz CT molecular complexity index is 1200. The van der Waals surface area contributed by atoms with E-state index in [9.17, 15) is 19.8 Å². The van der Waals surface area contributed by atoms with Crippen LogP contribution in [0.3, 0.4) is 0 Å². The van der Waals surface area contributed by atoms with Gasteiger partial charge in [-0.2, -0.15) is 0 Å². The van der Waals surface area contributed by atoms with Gasteiger partial charge in [0.2, 0.25) is 5.91 Å². The van der Waals surface area contributed by atoms with Gasteiger partial charge in [-0.25, -0.2) is 0 Å². The van der Waals surface area contributed by atoms with Crippen LogP contribution in [0, 0.1) is 0 Å². The van der Waals surface area contributed by atoms with Crippen molar-refractivity contribution < 1.29 is 24.5 Å². The standard InChI is InChI=1S/C71H137NO5/c1-3-5-7-9-11-13-15-16-41-45-49-53-57-61-65-71(76)77-66-62-58-54-50-46-42-39-37-35-33-31-29-27-25-23-21-19-17-18-20-22-24-26-28-30-32-34-36-38-40-44-48-52-56-60-64-70(75)72-68(67-73)69(74)63-59-55-51-47-43-14-12-10-8-6-4-2/h15-16,19,21,68-69,73-74H,3-14,17-18,20,22-67H2,1-2H3,(H,72,75)/b16-15-,21-19-. The van der Waals surface area contributed by atoms with E-state index in [0.717, 1.165) is 44.9 Å². The Morgan fingerprint density at radius 3 is 0.922 bits per heavy atom. The lowest BCUT2D eigenvalue weighted by Crippen LogP contribution is -2.45. The number of rotatable bonds is 66. The maximum absolute atomic E-state index is 12.5. The van der Waals surface area contributed by atoms with E-state index in [4.69, 9.17) is 4.74 Å². The molecule has 0 saturated carbocycles. The summed E-state index contributed by atoms with van der Waals surface area (Å²) in [7, 11) is 0. The van der Waals surface area contributed by atoms with Gasteiger partial charge in [0.25, 0.3) is 0 Å². The van der Waals surface area contributed by atoms with Crippen LogP contribution in [0.2, 0.25) is 0 Å². The first-order valence-electron chi connectivity index (χ1n) is 35.1. The highest BCUT2D eigenvalue weighted by Gasteiger charge is 2.20. The Balaban J connectivity index is 3.31. The van der Waals surface area contributed by atoms with Gasteiger partial charge in [0.15, 0.2) is 0 Å². The minimum Gasteiger partial charge on any atom is -0.466 e. The third kappa shape index (κ3) is 63.4. The number of aliphatic hydroxyl groups is 2. The van der Waals surface area contributed by atoms with Gasteiger partial charge in [-0.15, -0.1) is 0 Å². The molecule has 1 amide bonds. The van der Waals surface area contributed by atoms with Crippen LogP contribution in [0.4, 0.5) is 0 Å². The van der Waals surface area contributed by atoms with E-state index in [1.165, 1.54) is 315 Å². The molecule has 2 unspecified atom stereocenters. The lowest BCUT2D eigenvalue weighted by molar-refractivity contribution is -0.143. The normalized spacial score (nSPS) is 12.6. The third-order valence-electron chi connectivity index (χ3n) is 16.5. The molecule has 0 aliphatic heterocycles. The van der Waals surface area contributed by atoms with Gasteiger partial charge >= 0.3 is 5.97 Å². The molecule has 0 spiro atoms. The quantitative estimate of drug-likeness (QED) is 0.0320. The predicted octanol–water partition coefficient (Wildman–Crippen LogP) is 22.5. The number of carbonyl (C=O) groups excluding carboxylic acids is 2. The number of ether oxygens (including phenoxy) is 1. The molecule has 6 heteroatoms. The Kier molecular flexibility index (Phi) is 65.4. The van der Waals surface area contributed by atoms with Crippen molar-refractivity contribution in [2.75, 3.05) is 13.2 Å². The van der Waals surface area contributed by atoms with Crippen molar-refractivity contribution in [1.29, 1.82) is 0 Å². The molecule has 0 aliphatic rings. The van der Waals surface area contributed by atoms with E-state index >= 15 is 0 Å². The van der Waals surface area contributed by atoms with Crippen LogP contribution in [0.25, 0.3) is 0 Å². The van der Waals surface area contributed by atoms with Crippen LogP contribution in [0.15, 0.2) is 24.3 Å². The molecule has 0 fully saturated rings. The van der Waals surface area contributed by atoms with Crippen LogP contribution < -0.4 is 5.32 Å². The number of allylic oxidation sites excluding steroid dienone is 4. The molecule has 456 valence electrons. The second-order valence-electron chi connectivity index (χ2n) is 24.2. The fourth-order valence-corrected chi connectivity index (χ4v) is 11.1. The number of nitrogens with one attached hydrogen (secondary N) is 1. The number of esters is 1. The Hall–Kier alpha value is -1.66. The van der Waals surface area contributed by atoms with Crippen LogP contribution in [-0.2, 0) is 14.3 Å². The maximum atomic E-state index is 12.5. The Morgan fingerprint density at radius 2 is 0.610 bits per heavy atom. The van der Waals surface area contributed by atoms with Gasteiger partial charge in [-0.1, -0.05) is 327 Å². The van der Waals surface area contributed by atoms with Crippen LogP contribution in [-0.4, -0.2) is 47.4 Å². The highest BCUT2D eigenvalue weighted by atomic mass is 16.5. The number of hydrogen-bond acceptors (Lipinski definition) is 5. The summed E-state index contributed by atoms with van der Waals surface area (Å²) >= 11 is 0. The van der Waals surface area contributed by atoms with E-state index in [1.54, 1.807) is 0 Å². The molecule has 0 heterocycles. The number of amides is 1. The zero-order valence-corrected chi connectivity index (χ0v) is 52.2. The SMILES string of the molecule is CCCCCCC/C=C\CCCCCCCC(=O)OCCCCCCCCCCCCCCCC/C=C\CCCCCCCCCCCCCCCCCCCC(=O)NC(CO)C(O)CCCCCCCCCCCCC. The molecule has 0 radical (unpaired) electrons. The van der Waals surface area contributed by atoms with Crippen LogP contribution >= 0.6 is 0 Å². The summed E-state index contributed by atoms with van der Waals surface area (Å²) in [5.74, 6) is -0.0185. The number of aliphatic hydroxyl groups excluding tert-OH is 2. The van der Waals surface area contributed by atoms with Gasteiger partial charge in [0.1, 0.15) is 0 Å². The zero-order valence-electron chi connectivity index (χ0n) is 52.2. The van der Waals surface area contributed by atoms with Gasteiger partial charge < -0.3 is 20.3 Å². The topological polar surface area (TPSA) is 95.9 Å². The van der Waals surface area contributed by atoms with E-state index in [1.807, 2.05) is 0 Å². The number of carbonyl (C=O) groups is 2. The first-order valence-corrected chi connectivity index (χ1v) is 35.1. The average Bonchev–Trinajstić information content (AvgIpc) is 3.43. The molecule has 77 heavy (non-hydrogen) atoms. The van der Waals surface area contributed by atoms with Crippen molar-refractivity contribution in [3.05, 3.63) is 24.3 Å². The molecule has 0 aromatic carbocycles. The van der Waals surface area contributed by atoms with Crippen molar-refractivity contribution in [3.63, 3.8) is 0 Å². The lowest BCUT2D eigenvalue weighted by Gasteiger charge is -2.22. The minimum absolute atomic E-state index is 0.0121. The summed E-state index contributed by atoms with van der Waals surface area (Å²) < 4.78 is 5.49. The molecule has 3 N–H and O–H groups in total. The molecular formula is C71H137NO5. The highest BCUT2D eigenvalue weighted by Crippen LogP contribution is 2.19. The summed E-state index contributed by atoms with van der Waals surface area (Å²) in [6.07, 6.45) is 83.9. The molecule has 0 aliphatic carbocycles. The summed E-state index contributed by atoms with van der Waals surface area (Å²) in [6, 6.07) is -0.537. The summed E-state index contributed by atoms with van der Waals surface area (Å²) in [5.41, 5.74) is 0. The van der Waals surface area contributed by atoms with E-state index in [0.29, 0.717) is 25.9 Å². The van der Waals surface area contributed by atoms with Crippen molar-refractivity contribution in [2.45, 2.75) is 405 Å². The Morgan fingerprint density at radius 1 is 0.351 bits per heavy atom. The van der Waals surface area contributed by atoms with Crippen molar-refractivity contribution in [2.24, 2.45) is 0 Å². The molecule has 0 bridgehead atoms. The molecule has 0 saturated heterocycles. The molecule has 6 nitrogen and oxygen atoms in total. The highest BCUT2D eigenvalue weighted by molar-refractivity contribution is 5.76. The minimum atomic E-state index is -0.660. The molecular weight excluding hydrogens is 947 g/mol. The summed E-state index contributed by atoms with van der Waals surface area (Å²) in [5, 5.41) is 23.2. The monoisotopic (exact) mass is 1080 g/mol. The van der Waals surface area contributed by atoms with Gasteiger partial charge in [0, 0.05) is 12.8 Å². The fourth-order valence-electron chi connectivity index (χ4n) is 11.1. The summed E-state index contributed by atoms with van der Waals surface area (Å²) in [6.45, 7) is 4.96. The zero-order chi connectivity index (χ0) is 55.7. The molecule has 2 atom stereocenters. The third-order valence-corrected chi connectivity index (χ3v) is 16.5. The molecule has 0 aromatic heterocycles. The van der Waals surface area contributed by atoms with Crippen LogP contribution in [0.1, 0.15) is 393 Å². The van der Waals surface area contributed by atoms with E-state index < -0.39 is 12.1 Å². The van der Waals surface area contributed by atoms with Gasteiger partial charge in [0.05, 0.1) is 25.4 Å². The van der Waals surface area contributed by atoms with E-state index in [-0.39, 0.29) is 18.5 Å². The Labute approximate surface area is 481 Å². The average molecular weight is 1080 g/mol. The van der Waals surface area contributed by atoms with Crippen molar-refractivity contribution in [1.82, 2.24) is 5.32 Å². The number of hydrogen-bond donors (Lipinski definition) is 3. The van der Waals surface area contributed by atoms with Crippen molar-refractivity contribution in [3.8, 4) is 0 Å². The first kappa shape index (κ1) is 75.3. The fraction of sp³-hybridized carbons (Fsp3) is 0.915. The second kappa shape index (κ2) is 66.8. The second-order valence-corrected chi connectivity index (χ2v) is 24.2. The largest absolute Gasteiger partial charge is 0.466 e. The van der Waals surface area contributed by atoms with Crippen LogP contribution in [0.5, 0.6) is 0 Å². The number of unbranched alkanes of at least 4 members (excludes halogenated alkanes) is 51. The predicted molar refractivity (Wildman–Crippen MR) is 338 cm³/mol. The van der Waals surface area contributed by atoms with Gasteiger partial charge in [-0.05, 0) is 77.0 Å². The lowest BCUT2D eigenvalue weighted by atomic mass is 10.0. The maximum Gasteiger partial charge on any atom is 0.305 e. The van der Waals surface area contributed by atoms with Crippen molar-refractivity contribution >= 4 is 11.9 Å². The molecule has 0 aromatic rings.